The number of halogens is 1. The summed E-state index contributed by atoms with van der Waals surface area (Å²) in [5.41, 5.74) is 1.52. The van der Waals surface area contributed by atoms with Crippen molar-refractivity contribution in [1.82, 2.24) is 4.98 Å². The average Bonchev–Trinajstić information content (AvgIpc) is 2.39. The summed E-state index contributed by atoms with van der Waals surface area (Å²) in [5.74, 6) is 0.620. The molecule has 1 aromatic heterocycles. The summed E-state index contributed by atoms with van der Waals surface area (Å²) >= 11 is 3.24. The summed E-state index contributed by atoms with van der Waals surface area (Å²) in [4.78, 5) is 14.5. The number of hydrogen-bond acceptors (Lipinski definition) is 4. The molecule has 1 heterocycles. The van der Waals surface area contributed by atoms with E-state index < -0.39 is 0 Å². The van der Waals surface area contributed by atoms with Gasteiger partial charge in [-0.05, 0) is 40.5 Å². The van der Waals surface area contributed by atoms with Crippen LogP contribution in [0.5, 0.6) is 5.75 Å². The molecule has 0 aliphatic carbocycles. The van der Waals surface area contributed by atoms with Crippen molar-refractivity contribution in [3.8, 4) is 5.75 Å². The first-order valence-electron chi connectivity index (χ1n) is 5.55. The predicted octanol–water partition coefficient (Wildman–Crippen LogP) is 3.64. The van der Waals surface area contributed by atoms with Crippen LogP contribution in [0.25, 0.3) is 0 Å². The van der Waals surface area contributed by atoms with Crippen molar-refractivity contribution < 1.29 is 9.66 Å². The largest absolute Gasteiger partial charge is 0.487 e. The standard InChI is InChI=1S/C13H11BrN2O3/c1-9-10(3-2-4-12(9)16(17)18)8-19-11-5-6-13(14)15-7-11/h2-7H,8H2,1H3. The van der Waals surface area contributed by atoms with E-state index in [1.54, 1.807) is 31.3 Å². The number of aromatic nitrogens is 1. The molecule has 19 heavy (non-hydrogen) atoms. The van der Waals surface area contributed by atoms with Crippen LogP contribution in [0.1, 0.15) is 11.1 Å². The van der Waals surface area contributed by atoms with Gasteiger partial charge in [-0.15, -0.1) is 0 Å². The van der Waals surface area contributed by atoms with E-state index in [2.05, 4.69) is 20.9 Å². The molecule has 0 saturated heterocycles. The Hall–Kier alpha value is -1.95. The third kappa shape index (κ3) is 3.29. The van der Waals surface area contributed by atoms with Gasteiger partial charge in [0.25, 0.3) is 5.69 Å². The lowest BCUT2D eigenvalue weighted by Gasteiger charge is -2.08. The van der Waals surface area contributed by atoms with Crippen molar-refractivity contribution in [2.24, 2.45) is 0 Å². The lowest BCUT2D eigenvalue weighted by atomic mass is 10.1. The van der Waals surface area contributed by atoms with Gasteiger partial charge in [0.05, 0.1) is 11.1 Å². The number of hydrogen-bond donors (Lipinski definition) is 0. The van der Waals surface area contributed by atoms with Gasteiger partial charge >= 0.3 is 0 Å². The maximum Gasteiger partial charge on any atom is 0.272 e. The number of pyridine rings is 1. The molecule has 0 aliphatic rings. The Morgan fingerprint density at radius 3 is 2.79 bits per heavy atom. The number of benzene rings is 1. The average molecular weight is 323 g/mol. The van der Waals surface area contributed by atoms with Crippen molar-refractivity contribution in [2.75, 3.05) is 0 Å². The Balaban J connectivity index is 2.13. The van der Waals surface area contributed by atoms with Crippen LogP contribution in [-0.4, -0.2) is 9.91 Å². The molecule has 0 atom stereocenters. The Labute approximate surface area is 118 Å². The van der Waals surface area contributed by atoms with Crippen molar-refractivity contribution in [2.45, 2.75) is 13.5 Å². The maximum atomic E-state index is 10.8. The van der Waals surface area contributed by atoms with Crippen LogP contribution >= 0.6 is 15.9 Å². The van der Waals surface area contributed by atoms with E-state index in [1.165, 1.54) is 6.07 Å². The molecule has 0 aliphatic heterocycles. The number of ether oxygens (including phenoxy) is 1. The second-order valence-corrected chi connectivity index (χ2v) is 4.74. The monoisotopic (exact) mass is 322 g/mol. The first kappa shape index (κ1) is 13.5. The van der Waals surface area contributed by atoms with Crippen molar-refractivity contribution in [3.63, 3.8) is 0 Å². The smallest absolute Gasteiger partial charge is 0.272 e. The Morgan fingerprint density at radius 1 is 1.37 bits per heavy atom. The summed E-state index contributed by atoms with van der Waals surface area (Å²) in [6.45, 7) is 1.99. The van der Waals surface area contributed by atoms with Gasteiger partial charge in [-0.2, -0.15) is 0 Å². The van der Waals surface area contributed by atoms with Gasteiger partial charge in [0.2, 0.25) is 0 Å². The molecule has 0 bridgehead atoms. The van der Waals surface area contributed by atoms with Crippen LogP contribution in [0.3, 0.4) is 0 Å². The molecule has 0 N–H and O–H groups in total. The van der Waals surface area contributed by atoms with E-state index in [1.807, 2.05) is 6.07 Å². The second-order valence-electron chi connectivity index (χ2n) is 3.92. The van der Waals surface area contributed by atoms with Gasteiger partial charge < -0.3 is 4.74 Å². The molecule has 0 radical (unpaired) electrons. The molecule has 0 fully saturated rings. The van der Waals surface area contributed by atoms with Gasteiger partial charge in [-0.25, -0.2) is 4.98 Å². The summed E-state index contributed by atoms with van der Waals surface area (Å²) in [6, 6.07) is 8.51. The molecule has 5 nitrogen and oxygen atoms in total. The first-order valence-corrected chi connectivity index (χ1v) is 6.34. The van der Waals surface area contributed by atoms with Crippen molar-refractivity contribution in [1.29, 1.82) is 0 Å². The van der Waals surface area contributed by atoms with E-state index in [4.69, 9.17) is 4.74 Å². The molecule has 0 unspecified atom stereocenters. The van der Waals surface area contributed by atoms with Crippen molar-refractivity contribution >= 4 is 21.6 Å². The van der Waals surface area contributed by atoms with Gasteiger partial charge in [0, 0.05) is 11.6 Å². The van der Waals surface area contributed by atoms with Crippen LogP contribution in [0.15, 0.2) is 41.1 Å². The topological polar surface area (TPSA) is 65.3 Å². The number of nitrogens with zero attached hydrogens (tertiary/aromatic N) is 2. The third-order valence-electron chi connectivity index (χ3n) is 2.71. The van der Waals surface area contributed by atoms with Crippen LogP contribution in [0, 0.1) is 17.0 Å². The summed E-state index contributed by atoms with van der Waals surface area (Å²) in [5, 5.41) is 10.8. The summed E-state index contributed by atoms with van der Waals surface area (Å²) in [7, 11) is 0. The van der Waals surface area contributed by atoms with Crippen LogP contribution < -0.4 is 4.74 Å². The van der Waals surface area contributed by atoms with Gasteiger partial charge in [-0.1, -0.05) is 12.1 Å². The molecule has 0 saturated carbocycles. The minimum atomic E-state index is -0.389. The lowest BCUT2D eigenvalue weighted by Crippen LogP contribution is -2.01. The van der Waals surface area contributed by atoms with Crippen molar-refractivity contribution in [3.05, 3.63) is 62.4 Å². The number of nitro groups is 1. The van der Waals surface area contributed by atoms with Crippen LogP contribution in [0.2, 0.25) is 0 Å². The molecule has 0 spiro atoms. The fourth-order valence-corrected chi connectivity index (χ4v) is 1.87. The normalized spacial score (nSPS) is 10.2. The minimum absolute atomic E-state index is 0.107. The summed E-state index contributed by atoms with van der Waals surface area (Å²) in [6.07, 6.45) is 1.59. The zero-order chi connectivity index (χ0) is 13.8. The fraction of sp³-hybridized carbons (Fsp3) is 0.154. The molecular weight excluding hydrogens is 312 g/mol. The highest BCUT2D eigenvalue weighted by Crippen LogP contribution is 2.22. The predicted molar refractivity (Wildman–Crippen MR) is 74.1 cm³/mol. The van der Waals surface area contributed by atoms with Gasteiger partial charge in [-0.3, -0.25) is 10.1 Å². The quantitative estimate of drug-likeness (QED) is 0.489. The Morgan fingerprint density at radius 2 is 2.16 bits per heavy atom. The highest BCUT2D eigenvalue weighted by Gasteiger charge is 2.13. The maximum absolute atomic E-state index is 10.8. The Kier molecular flexibility index (Phi) is 4.11. The zero-order valence-corrected chi connectivity index (χ0v) is 11.8. The summed E-state index contributed by atoms with van der Waals surface area (Å²) < 4.78 is 6.28. The molecule has 2 aromatic rings. The van der Waals surface area contributed by atoms with Gasteiger partial charge in [0.15, 0.2) is 0 Å². The number of nitro benzene ring substituents is 1. The van der Waals surface area contributed by atoms with E-state index in [0.717, 1.165) is 10.2 Å². The van der Waals surface area contributed by atoms with Crippen LogP contribution in [-0.2, 0) is 6.61 Å². The minimum Gasteiger partial charge on any atom is -0.487 e. The highest BCUT2D eigenvalue weighted by atomic mass is 79.9. The molecule has 98 valence electrons. The van der Waals surface area contributed by atoms with E-state index >= 15 is 0 Å². The molecular formula is C13H11BrN2O3. The first-order chi connectivity index (χ1) is 9.08. The molecule has 1 aromatic carbocycles. The molecule has 0 amide bonds. The second kappa shape index (κ2) is 5.79. The molecule has 2 rings (SSSR count). The van der Waals surface area contributed by atoms with E-state index in [-0.39, 0.29) is 17.2 Å². The number of rotatable bonds is 4. The zero-order valence-electron chi connectivity index (χ0n) is 10.2. The van der Waals surface area contributed by atoms with Gasteiger partial charge in [0.1, 0.15) is 17.0 Å². The Bertz CT molecular complexity index is 599. The highest BCUT2D eigenvalue weighted by molar-refractivity contribution is 9.10. The van der Waals surface area contributed by atoms with E-state index in [0.29, 0.717) is 11.3 Å². The molecule has 6 heteroatoms. The fourth-order valence-electron chi connectivity index (χ4n) is 1.63. The third-order valence-corrected chi connectivity index (χ3v) is 3.18. The van der Waals surface area contributed by atoms with Crippen LogP contribution in [0.4, 0.5) is 5.69 Å². The SMILES string of the molecule is Cc1c(COc2ccc(Br)nc2)cccc1[N+](=O)[O-]. The van der Waals surface area contributed by atoms with E-state index in [9.17, 15) is 10.1 Å². The lowest BCUT2D eigenvalue weighted by molar-refractivity contribution is -0.385.